The molecule has 1 heterocycles. The lowest BCUT2D eigenvalue weighted by atomic mass is 10.1. The van der Waals surface area contributed by atoms with Crippen LogP contribution in [0.25, 0.3) is 11.0 Å². The predicted molar refractivity (Wildman–Crippen MR) is 78.5 cm³/mol. The summed E-state index contributed by atoms with van der Waals surface area (Å²) in [6.07, 6.45) is -0.437. The van der Waals surface area contributed by atoms with Gasteiger partial charge in [0.2, 0.25) is 5.91 Å². The number of fused-ring (bicyclic) bond motifs is 1. The van der Waals surface area contributed by atoms with Crippen LogP contribution < -0.4 is 5.32 Å². The molecule has 5 heteroatoms. The van der Waals surface area contributed by atoms with Crippen molar-refractivity contribution in [2.45, 2.75) is 40.3 Å². The molecule has 0 radical (unpaired) electrons. The normalized spacial score (nSPS) is 12.6. The molecule has 0 aliphatic heterocycles. The quantitative estimate of drug-likeness (QED) is 0.879. The molecule has 1 aromatic heterocycles. The van der Waals surface area contributed by atoms with Crippen molar-refractivity contribution < 1.29 is 9.53 Å². The van der Waals surface area contributed by atoms with Gasteiger partial charge in [-0.3, -0.25) is 4.79 Å². The first-order valence-electron chi connectivity index (χ1n) is 6.87. The highest BCUT2D eigenvalue weighted by atomic mass is 16.5. The Kier molecular flexibility index (Phi) is 4.39. The summed E-state index contributed by atoms with van der Waals surface area (Å²) in [6.45, 7) is 8.63. The third-order valence-electron chi connectivity index (χ3n) is 3.44. The molecular formula is C15H21N3O2. The van der Waals surface area contributed by atoms with Crippen molar-refractivity contribution >= 4 is 16.9 Å². The SMILES string of the molecule is CCO[C@@H](C)C(=O)NCc1nc2c(C)c(C)ccc2[nH]1. The summed E-state index contributed by atoms with van der Waals surface area (Å²) < 4.78 is 5.24. The molecule has 108 valence electrons. The Bertz CT molecular complexity index is 619. The van der Waals surface area contributed by atoms with Crippen molar-refractivity contribution in [1.29, 1.82) is 0 Å². The van der Waals surface area contributed by atoms with Crippen molar-refractivity contribution in [3.8, 4) is 0 Å². The molecule has 1 atom stereocenters. The number of nitrogens with zero attached hydrogens (tertiary/aromatic N) is 1. The average molecular weight is 275 g/mol. The Morgan fingerprint density at radius 3 is 2.90 bits per heavy atom. The highest BCUT2D eigenvalue weighted by Crippen LogP contribution is 2.19. The maximum absolute atomic E-state index is 11.8. The number of ether oxygens (including phenoxy) is 1. The predicted octanol–water partition coefficient (Wildman–Crippen LogP) is 2.22. The zero-order chi connectivity index (χ0) is 14.7. The molecule has 1 aromatic carbocycles. The number of aromatic amines is 1. The second-order valence-electron chi connectivity index (χ2n) is 4.90. The summed E-state index contributed by atoms with van der Waals surface area (Å²) in [5.41, 5.74) is 4.34. The van der Waals surface area contributed by atoms with E-state index in [9.17, 15) is 4.79 Å². The van der Waals surface area contributed by atoms with Gasteiger partial charge in [0, 0.05) is 6.61 Å². The number of benzene rings is 1. The number of carbonyl (C=O) groups is 1. The highest BCUT2D eigenvalue weighted by Gasteiger charge is 2.13. The van der Waals surface area contributed by atoms with Gasteiger partial charge in [0.05, 0.1) is 17.6 Å². The van der Waals surface area contributed by atoms with Gasteiger partial charge in [-0.25, -0.2) is 4.98 Å². The largest absolute Gasteiger partial charge is 0.369 e. The molecule has 0 spiro atoms. The minimum absolute atomic E-state index is 0.125. The molecule has 0 aliphatic carbocycles. The van der Waals surface area contributed by atoms with E-state index in [1.807, 2.05) is 13.0 Å². The Hall–Kier alpha value is -1.88. The summed E-state index contributed by atoms with van der Waals surface area (Å²) in [6, 6.07) is 4.08. The third-order valence-corrected chi connectivity index (χ3v) is 3.44. The number of aryl methyl sites for hydroxylation is 2. The summed E-state index contributed by atoms with van der Waals surface area (Å²) in [4.78, 5) is 19.5. The second kappa shape index (κ2) is 6.05. The molecule has 2 aromatic rings. The first kappa shape index (κ1) is 14.5. The monoisotopic (exact) mass is 275 g/mol. The molecule has 0 bridgehead atoms. The molecule has 2 rings (SSSR count). The van der Waals surface area contributed by atoms with E-state index < -0.39 is 6.10 Å². The topological polar surface area (TPSA) is 67.0 Å². The van der Waals surface area contributed by atoms with E-state index in [2.05, 4.69) is 35.2 Å². The molecule has 20 heavy (non-hydrogen) atoms. The van der Waals surface area contributed by atoms with Gasteiger partial charge in [0.25, 0.3) is 0 Å². The van der Waals surface area contributed by atoms with Crippen LogP contribution in [0.1, 0.15) is 30.8 Å². The number of imidazole rings is 1. The summed E-state index contributed by atoms with van der Waals surface area (Å²) in [5, 5.41) is 2.82. The molecule has 1 amide bonds. The zero-order valence-corrected chi connectivity index (χ0v) is 12.4. The molecule has 0 aliphatic rings. The minimum atomic E-state index is -0.437. The van der Waals surface area contributed by atoms with E-state index in [1.165, 1.54) is 11.1 Å². The molecule has 0 saturated heterocycles. The molecule has 5 nitrogen and oxygen atoms in total. The lowest BCUT2D eigenvalue weighted by Gasteiger charge is -2.10. The van der Waals surface area contributed by atoms with Gasteiger partial charge in [0.1, 0.15) is 11.9 Å². The Labute approximate surface area is 118 Å². The van der Waals surface area contributed by atoms with E-state index in [-0.39, 0.29) is 5.91 Å². The van der Waals surface area contributed by atoms with Gasteiger partial charge >= 0.3 is 0 Å². The number of nitrogens with one attached hydrogen (secondary N) is 2. The number of carbonyl (C=O) groups excluding carboxylic acids is 1. The van der Waals surface area contributed by atoms with Crippen molar-refractivity contribution in [3.05, 3.63) is 29.1 Å². The van der Waals surface area contributed by atoms with Crippen LogP contribution in [0.3, 0.4) is 0 Å². The Balaban J connectivity index is 2.07. The highest BCUT2D eigenvalue weighted by molar-refractivity contribution is 5.81. The summed E-state index contributed by atoms with van der Waals surface area (Å²) >= 11 is 0. The van der Waals surface area contributed by atoms with Crippen LogP contribution in [0.15, 0.2) is 12.1 Å². The number of H-pyrrole nitrogens is 1. The van der Waals surface area contributed by atoms with Gasteiger partial charge in [-0.05, 0) is 44.9 Å². The fraction of sp³-hybridized carbons (Fsp3) is 0.467. The lowest BCUT2D eigenvalue weighted by Crippen LogP contribution is -2.34. The first-order valence-corrected chi connectivity index (χ1v) is 6.87. The van der Waals surface area contributed by atoms with Crippen molar-refractivity contribution in [3.63, 3.8) is 0 Å². The fourth-order valence-electron chi connectivity index (χ4n) is 2.09. The van der Waals surface area contributed by atoms with Crippen LogP contribution in [-0.2, 0) is 16.1 Å². The minimum Gasteiger partial charge on any atom is -0.369 e. The summed E-state index contributed by atoms with van der Waals surface area (Å²) in [5.74, 6) is 0.631. The van der Waals surface area contributed by atoms with E-state index in [1.54, 1.807) is 6.92 Å². The van der Waals surface area contributed by atoms with E-state index in [0.717, 1.165) is 16.9 Å². The van der Waals surface area contributed by atoms with E-state index >= 15 is 0 Å². The van der Waals surface area contributed by atoms with Gasteiger partial charge in [-0.15, -0.1) is 0 Å². The second-order valence-corrected chi connectivity index (χ2v) is 4.90. The molecule has 0 unspecified atom stereocenters. The van der Waals surface area contributed by atoms with E-state index in [0.29, 0.717) is 13.2 Å². The van der Waals surface area contributed by atoms with Crippen molar-refractivity contribution in [2.24, 2.45) is 0 Å². The lowest BCUT2D eigenvalue weighted by molar-refractivity contribution is -0.131. The maximum atomic E-state index is 11.8. The van der Waals surface area contributed by atoms with E-state index in [4.69, 9.17) is 4.74 Å². The number of hydrogen-bond acceptors (Lipinski definition) is 3. The number of aromatic nitrogens is 2. The third kappa shape index (κ3) is 2.99. The first-order chi connectivity index (χ1) is 9.52. The van der Waals surface area contributed by atoms with Crippen LogP contribution >= 0.6 is 0 Å². The fourth-order valence-corrected chi connectivity index (χ4v) is 2.09. The molecule has 0 fully saturated rings. The number of rotatable bonds is 5. The maximum Gasteiger partial charge on any atom is 0.249 e. The van der Waals surface area contributed by atoms with Crippen LogP contribution in [0, 0.1) is 13.8 Å². The van der Waals surface area contributed by atoms with Crippen molar-refractivity contribution in [1.82, 2.24) is 15.3 Å². The van der Waals surface area contributed by atoms with Crippen LogP contribution in [-0.4, -0.2) is 28.6 Å². The van der Waals surface area contributed by atoms with Gasteiger partial charge in [0.15, 0.2) is 0 Å². The summed E-state index contributed by atoms with van der Waals surface area (Å²) in [7, 11) is 0. The van der Waals surface area contributed by atoms with Gasteiger partial charge in [-0.2, -0.15) is 0 Å². The van der Waals surface area contributed by atoms with Crippen LogP contribution in [0.2, 0.25) is 0 Å². The molecule has 2 N–H and O–H groups in total. The van der Waals surface area contributed by atoms with Crippen LogP contribution in [0.5, 0.6) is 0 Å². The van der Waals surface area contributed by atoms with Gasteiger partial charge < -0.3 is 15.0 Å². The zero-order valence-electron chi connectivity index (χ0n) is 12.4. The van der Waals surface area contributed by atoms with Crippen molar-refractivity contribution in [2.75, 3.05) is 6.61 Å². The smallest absolute Gasteiger partial charge is 0.249 e. The standard InChI is InChI=1S/C15H21N3O2/c1-5-20-11(4)15(19)16-8-13-17-12-7-6-9(2)10(3)14(12)18-13/h6-7,11H,5,8H2,1-4H3,(H,16,19)(H,17,18)/t11-/m0/s1. The number of amides is 1. The number of hydrogen-bond donors (Lipinski definition) is 2. The Morgan fingerprint density at radius 1 is 1.45 bits per heavy atom. The van der Waals surface area contributed by atoms with Gasteiger partial charge in [-0.1, -0.05) is 6.07 Å². The molecular weight excluding hydrogens is 254 g/mol. The molecule has 0 saturated carbocycles. The van der Waals surface area contributed by atoms with Crippen LogP contribution in [0.4, 0.5) is 0 Å². The average Bonchev–Trinajstić information content (AvgIpc) is 2.84. The Morgan fingerprint density at radius 2 is 2.20 bits per heavy atom.